The molecule has 2 aliphatic heterocycles. The minimum absolute atomic E-state index is 0. The molecule has 2 heterocycles. The monoisotopic (exact) mass is 667 g/mol. The smallest absolute Gasteiger partial charge is 0.550 e. The van der Waals surface area contributed by atoms with Crippen LogP contribution in [-0.2, 0) is 24.5 Å². The van der Waals surface area contributed by atoms with Gasteiger partial charge in [-0.25, -0.2) is 4.79 Å². The predicted octanol–water partition coefficient (Wildman–Crippen LogP) is 0.548. The summed E-state index contributed by atoms with van der Waals surface area (Å²) in [5, 5.41) is 10.7. The number of imide groups is 2. The Morgan fingerprint density at radius 3 is 2.13 bits per heavy atom. The Morgan fingerprint density at radius 2 is 1.59 bits per heavy atom. The summed E-state index contributed by atoms with van der Waals surface area (Å²) >= 11 is 0. The molecule has 12 nitrogen and oxygen atoms in total. The summed E-state index contributed by atoms with van der Waals surface area (Å²) in [6.07, 6.45) is 5.22. The van der Waals surface area contributed by atoms with Crippen molar-refractivity contribution in [1.82, 2.24) is 9.80 Å². The summed E-state index contributed by atoms with van der Waals surface area (Å²) in [5.74, 6) is -2.60. The van der Waals surface area contributed by atoms with Crippen molar-refractivity contribution >= 4 is 45.2 Å². The molecule has 1 aromatic carbocycles. The van der Waals surface area contributed by atoms with Gasteiger partial charge < -0.3 is 19.5 Å². The van der Waals surface area contributed by atoms with Gasteiger partial charge in [0.05, 0.1) is 5.75 Å². The van der Waals surface area contributed by atoms with E-state index < -0.39 is 39.7 Å². The molecule has 1 fully saturated rings. The van der Waals surface area contributed by atoms with Gasteiger partial charge in [0.25, 0.3) is 21.9 Å². The summed E-state index contributed by atoms with van der Waals surface area (Å²) in [7, 11) is -4.34. The molecule has 3 rings (SSSR count). The van der Waals surface area contributed by atoms with Gasteiger partial charge in [-0.3, -0.25) is 23.9 Å². The maximum atomic E-state index is 13.4. The summed E-state index contributed by atoms with van der Waals surface area (Å²) < 4.78 is 37.8. The number of benzene rings is 1. The third kappa shape index (κ3) is 10.3. The molecule has 1 aromatic rings. The summed E-state index contributed by atoms with van der Waals surface area (Å²) in [6, 6.07) is 5.11. The molecule has 46 heavy (non-hydrogen) atoms. The first kappa shape index (κ1) is 39.2. The molecule has 0 spiro atoms. The number of carboxylic acids is 1. The van der Waals surface area contributed by atoms with Crippen LogP contribution in [0.4, 0.5) is 10.5 Å². The number of aliphatic carboxylic acids is 1. The minimum atomic E-state index is -4.34. The molecule has 0 atom stereocenters. The zero-order chi connectivity index (χ0) is 33.5. The van der Waals surface area contributed by atoms with Gasteiger partial charge in [-0.05, 0) is 80.9 Å². The number of urea groups is 1. The van der Waals surface area contributed by atoms with Crippen molar-refractivity contribution in [2.24, 2.45) is 5.41 Å². The van der Waals surface area contributed by atoms with Crippen molar-refractivity contribution in [3.8, 4) is 5.75 Å². The fourth-order valence-corrected chi connectivity index (χ4v) is 5.70. The van der Waals surface area contributed by atoms with Crippen LogP contribution in [0.3, 0.4) is 0 Å². The van der Waals surface area contributed by atoms with Gasteiger partial charge in [0.15, 0.2) is 0 Å². The van der Waals surface area contributed by atoms with Crippen LogP contribution in [0.15, 0.2) is 47.8 Å². The van der Waals surface area contributed by atoms with Crippen LogP contribution in [0.2, 0.25) is 0 Å². The predicted molar refractivity (Wildman–Crippen MR) is 168 cm³/mol. The van der Waals surface area contributed by atoms with Gasteiger partial charge in [-0.2, -0.15) is 8.42 Å². The maximum Gasteiger partial charge on any atom is 1.00 e. The quantitative estimate of drug-likeness (QED) is 0.0974. The number of allylic oxidation sites excluding steroid dienone is 4. The first-order chi connectivity index (χ1) is 21.1. The minimum Gasteiger partial charge on any atom is -0.550 e. The normalized spacial score (nSPS) is 17.1. The Hall–Kier alpha value is -2.97. The number of anilines is 1. The molecule has 2 aliphatic rings. The number of rotatable bonds is 14. The number of unbranched alkanes of at least 4 members (excludes halogenated alkanes) is 2. The van der Waals surface area contributed by atoms with E-state index in [-0.39, 0.29) is 66.5 Å². The topological polar surface area (TPSA) is 165 Å². The van der Waals surface area contributed by atoms with Crippen LogP contribution in [0.25, 0.3) is 5.57 Å². The third-order valence-corrected chi connectivity index (χ3v) is 8.38. The average molecular weight is 668 g/mol. The van der Waals surface area contributed by atoms with Gasteiger partial charge in [0, 0.05) is 49.5 Å². The SMILES string of the molecule is CCN(CC)c1ccc2c(c1)O/C(=C\C=C1C(=O)N(CCCCCC(=O)[O-])C(=O)N(CCCS(=O)(=O)O)C1=O)C=C2C(C)(C)C.[Na+]. The van der Waals surface area contributed by atoms with Crippen LogP contribution < -0.4 is 44.3 Å². The molecular formula is C32H42N3NaO9S. The van der Waals surface area contributed by atoms with E-state index in [0.717, 1.165) is 39.7 Å². The number of nitrogens with zero attached hydrogens (tertiary/aromatic N) is 3. The fraction of sp³-hybridized carbons (Fsp3) is 0.500. The van der Waals surface area contributed by atoms with Gasteiger partial charge >= 0.3 is 35.6 Å². The number of hydrogen-bond donors (Lipinski definition) is 1. The van der Waals surface area contributed by atoms with E-state index in [1.165, 1.54) is 12.2 Å². The molecular weight excluding hydrogens is 625 g/mol. The summed E-state index contributed by atoms with van der Waals surface area (Å²) in [4.78, 5) is 54.6. The van der Waals surface area contributed by atoms with Crippen molar-refractivity contribution < 1.29 is 71.5 Å². The van der Waals surface area contributed by atoms with Crippen molar-refractivity contribution in [2.45, 2.75) is 66.7 Å². The molecule has 0 saturated carbocycles. The van der Waals surface area contributed by atoms with Crippen molar-refractivity contribution in [1.29, 1.82) is 0 Å². The van der Waals surface area contributed by atoms with E-state index in [2.05, 4.69) is 39.5 Å². The molecule has 0 aliphatic carbocycles. The maximum absolute atomic E-state index is 13.4. The Kier molecular flexibility index (Phi) is 14.3. The second-order valence-electron chi connectivity index (χ2n) is 11.9. The van der Waals surface area contributed by atoms with Gasteiger partial charge in [0.2, 0.25) is 0 Å². The number of amides is 4. The van der Waals surface area contributed by atoms with Crippen molar-refractivity contribution in [2.75, 3.05) is 36.8 Å². The molecule has 0 bridgehead atoms. The Bertz CT molecular complexity index is 1520. The Morgan fingerprint density at radius 1 is 0.978 bits per heavy atom. The van der Waals surface area contributed by atoms with E-state index in [0.29, 0.717) is 30.8 Å². The van der Waals surface area contributed by atoms with Crippen LogP contribution in [0.5, 0.6) is 5.75 Å². The third-order valence-electron chi connectivity index (χ3n) is 7.58. The average Bonchev–Trinajstić information content (AvgIpc) is 2.95. The van der Waals surface area contributed by atoms with Crippen molar-refractivity contribution in [3.63, 3.8) is 0 Å². The van der Waals surface area contributed by atoms with Gasteiger partial charge in [-0.1, -0.05) is 27.2 Å². The largest absolute Gasteiger partial charge is 1.00 e. The number of carboxylic acid groups (broad SMARTS) is 1. The molecule has 14 heteroatoms. The molecule has 1 saturated heterocycles. The zero-order valence-electron chi connectivity index (χ0n) is 27.5. The fourth-order valence-electron chi connectivity index (χ4n) is 5.21. The standard InChI is InChI=1S/C32H43N3O9S.Na/c1-6-33(7-2)22-13-15-24-26(32(3,4)5)21-23(44-27(24)20-22)14-16-25-29(38)34(17-10-8-9-12-28(36)37)31(40)35(30(25)39)18-11-19-45(41,42)43;/h13-16,20-21H,6-12,17-19H2,1-5H3,(H,36,37)(H,41,42,43);/q;+1/p-1/b23-14-,25-16?;. The van der Waals surface area contributed by atoms with Crippen LogP contribution >= 0.6 is 0 Å². The van der Waals surface area contributed by atoms with E-state index in [4.69, 9.17) is 9.29 Å². The molecule has 4 amide bonds. The zero-order valence-corrected chi connectivity index (χ0v) is 30.3. The number of hydrogen-bond acceptors (Lipinski definition) is 9. The van der Waals surface area contributed by atoms with Crippen LogP contribution in [0.1, 0.15) is 72.3 Å². The first-order valence-corrected chi connectivity index (χ1v) is 16.7. The van der Waals surface area contributed by atoms with E-state index in [1.807, 2.05) is 24.3 Å². The van der Waals surface area contributed by atoms with E-state index in [9.17, 15) is 32.7 Å². The van der Waals surface area contributed by atoms with E-state index >= 15 is 0 Å². The van der Waals surface area contributed by atoms with Gasteiger partial charge in [0.1, 0.15) is 17.1 Å². The number of barbiturate groups is 1. The van der Waals surface area contributed by atoms with E-state index in [1.54, 1.807) is 0 Å². The molecule has 0 unspecified atom stereocenters. The van der Waals surface area contributed by atoms with Crippen LogP contribution in [0, 0.1) is 5.41 Å². The second-order valence-corrected chi connectivity index (χ2v) is 13.5. The first-order valence-electron chi connectivity index (χ1n) is 15.1. The Balaban J connectivity index is 0.00000736. The Labute approximate surface area is 293 Å². The summed E-state index contributed by atoms with van der Waals surface area (Å²) in [6.45, 7) is 11.5. The summed E-state index contributed by atoms with van der Waals surface area (Å²) in [5.41, 5.74) is 2.30. The molecule has 0 aromatic heterocycles. The van der Waals surface area contributed by atoms with Crippen LogP contribution in [-0.4, -0.2) is 78.5 Å². The number of carbonyl (C=O) groups is 4. The number of carbonyl (C=O) groups excluding carboxylic acids is 4. The molecule has 246 valence electrons. The van der Waals surface area contributed by atoms with Gasteiger partial charge in [-0.15, -0.1) is 0 Å². The molecule has 1 N–H and O–H groups in total. The molecule has 0 radical (unpaired) electrons. The second kappa shape index (κ2) is 16.7. The van der Waals surface area contributed by atoms with Crippen molar-refractivity contribution in [3.05, 3.63) is 53.3 Å². The number of ether oxygens (including phenoxy) is 1. The number of fused-ring (bicyclic) bond motifs is 1.